The van der Waals surface area contributed by atoms with Crippen molar-refractivity contribution in [2.45, 2.75) is 30.2 Å². The highest BCUT2D eigenvalue weighted by atomic mass is 32.2. The minimum Gasteiger partial charge on any atom is -0.454 e. The van der Waals surface area contributed by atoms with Crippen LogP contribution in [0.2, 0.25) is 0 Å². The summed E-state index contributed by atoms with van der Waals surface area (Å²) in [5.41, 5.74) is 1.35. The number of ether oxygens (including phenoxy) is 1. The third-order valence-corrected chi connectivity index (χ3v) is 7.45. The number of nitrogens with one attached hydrogen (secondary N) is 1. The Hall–Kier alpha value is -2.89. The van der Waals surface area contributed by atoms with Gasteiger partial charge in [-0.05, 0) is 43.5 Å². The third-order valence-electron chi connectivity index (χ3n) is 4.96. The zero-order valence-electron chi connectivity index (χ0n) is 16.4. The van der Waals surface area contributed by atoms with E-state index in [1.54, 1.807) is 36.4 Å². The Kier molecular flexibility index (Phi) is 6.25. The van der Waals surface area contributed by atoms with E-state index in [4.69, 9.17) is 4.74 Å². The van der Waals surface area contributed by atoms with Gasteiger partial charge in [0.25, 0.3) is 5.91 Å². The summed E-state index contributed by atoms with van der Waals surface area (Å²) in [7, 11) is -4.00. The molecule has 1 N–H and O–H groups in total. The van der Waals surface area contributed by atoms with Crippen LogP contribution in [0.4, 0.5) is 5.69 Å². The molecule has 0 spiro atoms. The van der Waals surface area contributed by atoms with Crippen LogP contribution in [0.25, 0.3) is 11.0 Å². The van der Waals surface area contributed by atoms with Crippen LogP contribution in [-0.2, 0) is 24.3 Å². The molecule has 2 heterocycles. The number of aromatic nitrogens is 2. The number of para-hydroxylation sites is 1. The molecule has 1 saturated heterocycles. The standard InChI is InChI=1S/C20H20N4O5S2/c25-18(21-14-7-2-1-3-8-14)13-29-20(26)16-10-4-5-12-24(16)31(27,28)17-11-6-9-15-19(17)23-30-22-15/h1-3,6-9,11,16H,4-5,10,12-13H2,(H,21,25). The van der Waals surface area contributed by atoms with E-state index in [-0.39, 0.29) is 17.0 Å². The largest absolute Gasteiger partial charge is 0.454 e. The van der Waals surface area contributed by atoms with E-state index >= 15 is 0 Å². The van der Waals surface area contributed by atoms with Gasteiger partial charge in [0.2, 0.25) is 10.0 Å². The lowest BCUT2D eigenvalue weighted by Crippen LogP contribution is -2.48. The van der Waals surface area contributed by atoms with Crippen LogP contribution in [0.5, 0.6) is 0 Å². The van der Waals surface area contributed by atoms with Crippen molar-refractivity contribution in [2.75, 3.05) is 18.5 Å². The predicted molar refractivity (Wildman–Crippen MR) is 115 cm³/mol. The molecule has 1 amide bonds. The highest BCUT2D eigenvalue weighted by Crippen LogP contribution is 2.29. The lowest BCUT2D eigenvalue weighted by atomic mass is 10.1. The van der Waals surface area contributed by atoms with Gasteiger partial charge in [-0.25, -0.2) is 8.42 Å². The number of fused-ring (bicyclic) bond motifs is 1. The second kappa shape index (κ2) is 9.08. The zero-order chi connectivity index (χ0) is 21.8. The van der Waals surface area contributed by atoms with Crippen molar-refractivity contribution < 1.29 is 22.7 Å². The van der Waals surface area contributed by atoms with Crippen molar-refractivity contribution in [3.8, 4) is 0 Å². The number of rotatable bonds is 6. The molecular weight excluding hydrogens is 440 g/mol. The molecule has 1 fully saturated rings. The van der Waals surface area contributed by atoms with Crippen molar-refractivity contribution in [1.29, 1.82) is 0 Å². The van der Waals surface area contributed by atoms with Crippen LogP contribution in [0.3, 0.4) is 0 Å². The summed E-state index contributed by atoms with van der Waals surface area (Å²) in [6, 6.07) is 12.5. The molecule has 162 valence electrons. The molecular formula is C20H20N4O5S2. The van der Waals surface area contributed by atoms with E-state index in [0.29, 0.717) is 30.5 Å². The van der Waals surface area contributed by atoms with Gasteiger partial charge in [-0.15, -0.1) is 0 Å². The quantitative estimate of drug-likeness (QED) is 0.561. The van der Waals surface area contributed by atoms with Crippen LogP contribution in [0.1, 0.15) is 19.3 Å². The number of amides is 1. The minimum absolute atomic E-state index is 0.0141. The highest BCUT2D eigenvalue weighted by molar-refractivity contribution is 7.89. The number of carbonyl (C=O) groups excluding carboxylic acids is 2. The van der Waals surface area contributed by atoms with Crippen molar-refractivity contribution in [2.24, 2.45) is 0 Å². The third kappa shape index (κ3) is 4.58. The molecule has 1 atom stereocenters. The molecule has 1 unspecified atom stereocenters. The number of sulfonamides is 1. The summed E-state index contributed by atoms with van der Waals surface area (Å²) in [6.45, 7) is -0.310. The van der Waals surface area contributed by atoms with E-state index in [2.05, 4.69) is 14.1 Å². The number of hydrogen-bond donors (Lipinski definition) is 1. The van der Waals surface area contributed by atoms with Crippen molar-refractivity contribution in [1.82, 2.24) is 13.1 Å². The van der Waals surface area contributed by atoms with Crippen molar-refractivity contribution in [3.05, 3.63) is 48.5 Å². The Balaban J connectivity index is 1.48. The van der Waals surface area contributed by atoms with Gasteiger partial charge in [0, 0.05) is 12.2 Å². The molecule has 31 heavy (non-hydrogen) atoms. The first-order chi connectivity index (χ1) is 15.0. The number of anilines is 1. The van der Waals surface area contributed by atoms with Gasteiger partial charge in [-0.2, -0.15) is 13.1 Å². The van der Waals surface area contributed by atoms with Crippen molar-refractivity contribution >= 4 is 50.3 Å². The summed E-state index contributed by atoms with van der Waals surface area (Å²) in [4.78, 5) is 24.8. The number of piperidine rings is 1. The highest BCUT2D eigenvalue weighted by Gasteiger charge is 2.39. The van der Waals surface area contributed by atoms with E-state index in [0.717, 1.165) is 16.0 Å². The van der Waals surface area contributed by atoms with E-state index in [1.165, 1.54) is 6.07 Å². The average Bonchev–Trinajstić information content (AvgIpc) is 3.27. The lowest BCUT2D eigenvalue weighted by Gasteiger charge is -2.32. The number of nitrogens with zero attached hydrogens (tertiary/aromatic N) is 3. The molecule has 0 aliphatic carbocycles. The second-order valence-corrected chi connectivity index (χ2v) is 9.42. The van der Waals surface area contributed by atoms with Crippen LogP contribution in [0.15, 0.2) is 53.4 Å². The SMILES string of the molecule is O=C(COC(=O)C1CCCCN1S(=O)(=O)c1cccc2nsnc12)Nc1ccccc1. The molecule has 0 radical (unpaired) electrons. The van der Waals surface area contributed by atoms with Crippen molar-refractivity contribution in [3.63, 3.8) is 0 Å². The first-order valence-corrected chi connectivity index (χ1v) is 11.9. The van der Waals surface area contributed by atoms with Gasteiger partial charge in [-0.1, -0.05) is 24.3 Å². The molecule has 0 saturated carbocycles. The fraction of sp³-hybridized carbons (Fsp3) is 0.300. The molecule has 1 aliphatic heterocycles. The maximum absolute atomic E-state index is 13.4. The Bertz CT molecular complexity index is 1200. The summed E-state index contributed by atoms with van der Waals surface area (Å²) in [6.07, 6.45) is 1.64. The molecule has 1 aliphatic rings. The number of hydrogen-bond acceptors (Lipinski definition) is 8. The fourth-order valence-electron chi connectivity index (χ4n) is 3.50. The van der Waals surface area contributed by atoms with E-state index < -0.39 is 34.5 Å². The monoisotopic (exact) mass is 460 g/mol. The Labute approximate surface area is 183 Å². The predicted octanol–water partition coefficient (Wildman–Crippen LogP) is 2.42. The second-order valence-electron chi connectivity index (χ2n) is 7.04. The van der Waals surface area contributed by atoms with Gasteiger partial charge in [0.15, 0.2) is 6.61 Å². The zero-order valence-corrected chi connectivity index (χ0v) is 18.1. The maximum atomic E-state index is 13.4. The van der Waals surface area contributed by atoms with Crippen LogP contribution in [-0.4, -0.2) is 52.5 Å². The molecule has 1 aromatic heterocycles. The number of carbonyl (C=O) groups is 2. The van der Waals surface area contributed by atoms with Gasteiger partial charge < -0.3 is 10.1 Å². The first-order valence-electron chi connectivity index (χ1n) is 9.71. The van der Waals surface area contributed by atoms with E-state index in [9.17, 15) is 18.0 Å². The molecule has 3 aromatic rings. The molecule has 2 aromatic carbocycles. The van der Waals surface area contributed by atoms with Gasteiger partial charge in [0.1, 0.15) is 22.0 Å². The smallest absolute Gasteiger partial charge is 0.324 e. The van der Waals surface area contributed by atoms with Gasteiger partial charge in [0.05, 0.1) is 11.7 Å². The summed E-state index contributed by atoms with van der Waals surface area (Å²) >= 11 is 0.930. The maximum Gasteiger partial charge on any atom is 0.324 e. The van der Waals surface area contributed by atoms with Gasteiger partial charge >= 0.3 is 5.97 Å². The number of benzene rings is 2. The fourth-order valence-corrected chi connectivity index (χ4v) is 5.90. The van der Waals surface area contributed by atoms with Gasteiger partial charge in [-0.3, -0.25) is 9.59 Å². The van der Waals surface area contributed by atoms with Crippen LogP contribution >= 0.6 is 11.7 Å². The molecule has 0 bridgehead atoms. The normalized spacial score (nSPS) is 17.4. The summed E-state index contributed by atoms with van der Waals surface area (Å²) < 4.78 is 41.3. The molecule has 11 heteroatoms. The topological polar surface area (TPSA) is 119 Å². The average molecular weight is 461 g/mol. The Morgan fingerprint density at radius 3 is 2.71 bits per heavy atom. The van der Waals surface area contributed by atoms with Crippen LogP contribution < -0.4 is 5.32 Å². The number of esters is 1. The van der Waals surface area contributed by atoms with E-state index in [1.807, 2.05) is 6.07 Å². The summed E-state index contributed by atoms with van der Waals surface area (Å²) in [5, 5.41) is 2.62. The molecule has 9 nitrogen and oxygen atoms in total. The minimum atomic E-state index is -4.00. The first kappa shape index (κ1) is 21.3. The van der Waals surface area contributed by atoms with Crippen LogP contribution in [0, 0.1) is 0 Å². The Morgan fingerprint density at radius 1 is 1.10 bits per heavy atom. The Morgan fingerprint density at radius 2 is 1.90 bits per heavy atom. The molecule has 4 rings (SSSR count). The lowest BCUT2D eigenvalue weighted by molar-refractivity contribution is -0.152. The summed E-state index contributed by atoms with van der Waals surface area (Å²) in [5.74, 6) is -1.24.